The van der Waals surface area contributed by atoms with Crippen LogP contribution in [0.3, 0.4) is 0 Å². The van der Waals surface area contributed by atoms with E-state index in [1.807, 2.05) is 13.8 Å². The molecule has 0 rings (SSSR count). The van der Waals surface area contributed by atoms with Crippen molar-refractivity contribution in [1.29, 1.82) is 0 Å². The summed E-state index contributed by atoms with van der Waals surface area (Å²) in [7, 11) is 0. The molecule has 0 aromatic heterocycles. The van der Waals surface area contributed by atoms with Crippen LogP contribution in [0.4, 0.5) is 0 Å². The van der Waals surface area contributed by atoms with E-state index < -0.39 is 0 Å². The molecule has 0 aromatic carbocycles. The highest BCUT2D eigenvalue weighted by Crippen LogP contribution is 2.12. The molecular weight excluding hydrogens is 250 g/mol. The second-order valence-corrected chi connectivity index (χ2v) is 6.38. The first-order valence-electron chi connectivity index (χ1n) is 8.50. The standard InChI is InChI=1S/C17H37NO2/c1-5-7-9-11-13-19-15-16(17(3,4)18)20-14-12-10-8-6-2/h16H,5-15,18H2,1-4H3. The summed E-state index contributed by atoms with van der Waals surface area (Å²) in [6, 6.07) is 0. The van der Waals surface area contributed by atoms with E-state index in [1.54, 1.807) is 0 Å². The van der Waals surface area contributed by atoms with Crippen LogP contribution in [0.1, 0.15) is 79.1 Å². The highest BCUT2D eigenvalue weighted by atomic mass is 16.5. The molecule has 20 heavy (non-hydrogen) atoms. The van der Waals surface area contributed by atoms with E-state index in [4.69, 9.17) is 15.2 Å². The molecule has 0 aliphatic carbocycles. The lowest BCUT2D eigenvalue weighted by atomic mass is 9.99. The number of hydrogen-bond donors (Lipinski definition) is 1. The number of hydrogen-bond acceptors (Lipinski definition) is 3. The molecule has 0 heterocycles. The van der Waals surface area contributed by atoms with E-state index in [-0.39, 0.29) is 11.6 Å². The van der Waals surface area contributed by atoms with Crippen LogP contribution in [-0.4, -0.2) is 31.5 Å². The normalized spacial score (nSPS) is 13.7. The van der Waals surface area contributed by atoms with Crippen molar-refractivity contribution in [2.75, 3.05) is 19.8 Å². The molecule has 0 aliphatic heterocycles. The van der Waals surface area contributed by atoms with Gasteiger partial charge in [-0.3, -0.25) is 0 Å². The number of rotatable bonds is 14. The van der Waals surface area contributed by atoms with Crippen molar-refractivity contribution >= 4 is 0 Å². The molecule has 1 unspecified atom stereocenters. The van der Waals surface area contributed by atoms with Crippen molar-refractivity contribution in [2.24, 2.45) is 5.73 Å². The maximum Gasteiger partial charge on any atom is 0.0981 e. The molecule has 0 bridgehead atoms. The van der Waals surface area contributed by atoms with Crippen LogP contribution >= 0.6 is 0 Å². The van der Waals surface area contributed by atoms with E-state index >= 15 is 0 Å². The van der Waals surface area contributed by atoms with Gasteiger partial charge in [-0.2, -0.15) is 0 Å². The first kappa shape index (κ1) is 19.9. The minimum Gasteiger partial charge on any atom is -0.379 e. The van der Waals surface area contributed by atoms with Crippen LogP contribution in [0.2, 0.25) is 0 Å². The fraction of sp³-hybridized carbons (Fsp3) is 1.00. The first-order chi connectivity index (χ1) is 9.52. The van der Waals surface area contributed by atoms with Crippen molar-refractivity contribution in [3.63, 3.8) is 0 Å². The molecule has 0 aliphatic rings. The van der Waals surface area contributed by atoms with Gasteiger partial charge in [0.1, 0.15) is 0 Å². The Hall–Kier alpha value is -0.120. The number of nitrogens with two attached hydrogens (primary N) is 1. The van der Waals surface area contributed by atoms with Crippen molar-refractivity contribution in [1.82, 2.24) is 0 Å². The molecule has 0 radical (unpaired) electrons. The van der Waals surface area contributed by atoms with E-state index in [2.05, 4.69) is 13.8 Å². The van der Waals surface area contributed by atoms with Crippen molar-refractivity contribution in [3.8, 4) is 0 Å². The number of ether oxygens (including phenoxy) is 2. The third kappa shape index (κ3) is 11.7. The van der Waals surface area contributed by atoms with E-state index in [0.717, 1.165) is 26.1 Å². The zero-order valence-corrected chi connectivity index (χ0v) is 14.2. The third-order valence-electron chi connectivity index (χ3n) is 3.56. The molecule has 0 fully saturated rings. The fourth-order valence-electron chi connectivity index (χ4n) is 2.05. The van der Waals surface area contributed by atoms with Crippen LogP contribution < -0.4 is 5.73 Å². The Kier molecular flexibility index (Phi) is 12.5. The highest BCUT2D eigenvalue weighted by molar-refractivity contribution is 4.83. The molecule has 0 saturated heterocycles. The lowest BCUT2D eigenvalue weighted by molar-refractivity contribution is -0.0494. The van der Waals surface area contributed by atoms with Gasteiger partial charge in [-0.05, 0) is 26.7 Å². The van der Waals surface area contributed by atoms with Crippen LogP contribution in [0.25, 0.3) is 0 Å². The Morgan fingerprint density at radius 1 is 0.850 bits per heavy atom. The van der Waals surface area contributed by atoms with Gasteiger partial charge in [-0.25, -0.2) is 0 Å². The largest absolute Gasteiger partial charge is 0.379 e. The summed E-state index contributed by atoms with van der Waals surface area (Å²) in [6.45, 7) is 10.7. The molecule has 1 atom stereocenters. The zero-order chi connectivity index (χ0) is 15.3. The molecule has 0 spiro atoms. The van der Waals surface area contributed by atoms with E-state index in [9.17, 15) is 0 Å². The highest BCUT2D eigenvalue weighted by Gasteiger charge is 2.25. The second kappa shape index (κ2) is 12.6. The second-order valence-electron chi connectivity index (χ2n) is 6.38. The van der Waals surface area contributed by atoms with Gasteiger partial charge in [0.25, 0.3) is 0 Å². The molecule has 0 saturated carbocycles. The maximum atomic E-state index is 6.18. The summed E-state index contributed by atoms with van der Waals surface area (Å²) in [5.74, 6) is 0. The molecular formula is C17H37NO2. The summed E-state index contributed by atoms with van der Waals surface area (Å²) in [5.41, 5.74) is 5.84. The summed E-state index contributed by atoms with van der Waals surface area (Å²) in [6.07, 6.45) is 9.86. The van der Waals surface area contributed by atoms with Gasteiger partial charge in [-0.15, -0.1) is 0 Å². The Morgan fingerprint density at radius 3 is 1.90 bits per heavy atom. The summed E-state index contributed by atoms with van der Waals surface area (Å²) < 4.78 is 11.7. The topological polar surface area (TPSA) is 44.5 Å². The van der Waals surface area contributed by atoms with E-state index in [0.29, 0.717) is 6.61 Å². The molecule has 0 amide bonds. The lowest BCUT2D eigenvalue weighted by Crippen LogP contribution is -2.49. The van der Waals surface area contributed by atoms with Crippen molar-refractivity contribution in [2.45, 2.75) is 90.7 Å². The van der Waals surface area contributed by atoms with E-state index in [1.165, 1.54) is 38.5 Å². The Balaban J connectivity index is 3.75. The van der Waals surface area contributed by atoms with Gasteiger partial charge in [0.15, 0.2) is 0 Å². The smallest absolute Gasteiger partial charge is 0.0981 e. The van der Waals surface area contributed by atoms with Gasteiger partial charge >= 0.3 is 0 Å². The average molecular weight is 287 g/mol. The van der Waals surface area contributed by atoms with Crippen LogP contribution in [-0.2, 0) is 9.47 Å². The zero-order valence-electron chi connectivity index (χ0n) is 14.2. The lowest BCUT2D eigenvalue weighted by Gasteiger charge is -2.30. The molecule has 3 nitrogen and oxygen atoms in total. The van der Waals surface area contributed by atoms with Crippen LogP contribution in [0.15, 0.2) is 0 Å². The maximum absolute atomic E-state index is 6.18. The fourth-order valence-corrected chi connectivity index (χ4v) is 2.05. The van der Waals surface area contributed by atoms with Crippen LogP contribution in [0, 0.1) is 0 Å². The Labute approximate surface area is 126 Å². The van der Waals surface area contributed by atoms with Gasteiger partial charge < -0.3 is 15.2 Å². The summed E-state index contributed by atoms with van der Waals surface area (Å²) >= 11 is 0. The predicted octanol–water partition coefficient (Wildman–Crippen LogP) is 4.29. The molecule has 122 valence electrons. The monoisotopic (exact) mass is 287 g/mol. The summed E-state index contributed by atoms with van der Waals surface area (Å²) in [4.78, 5) is 0. The predicted molar refractivity (Wildman–Crippen MR) is 87.1 cm³/mol. The van der Waals surface area contributed by atoms with Crippen molar-refractivity contribution < 1.29 is 9.47 Å². The average Bonchev–Trinajstić information content (AvgIpc) is 2.38. The first-order valence-corrected chi connectivity index (χ1v) is 8.50. The summed E-state index contributed by atoms with van der Waals surface area (Å²) in [5, 5.41) is 0. The van der Waals surface area contributed by atoms with Gasteiger partial charge in [0, 0.05) is 18.8 Å². The minimum atomic E-state index is -0.339. The molecule has 0 aromatic rings. The minimum absolute atomic E-state index is 0.00435. The quantitative estimate of drug-likeness (QED) is 0.485. The van der Waals surface area contributed by atoms with Gasteiger partial charge in [0.05, 0.1) is 12.7 Å². The van der Waals surface area contributed by atoms with Gasteiger partial charge in [0.2, 0.25) is 0 Å². The SMILES string of the molecule is CCCCCCOCC(OCCCCCC)C(C)(C)N. The van der Waals surface area contributed by atoms with Crippen molar-refractivity contribution in [3.05, 3.63) is 0 Å². The molecule has 2 N–H and O–H groups in total. The molecule has 3 heteroatoms. The van der Waals surface area contributed by atoms with Crippen LogP contribution in [0.5, 0.6) is 0 Å². The Bertz CT molecular complexity index is 202. The van der Waals surface area contributed by atoms with Gasteiger partial charge in [-0.1, -0.05) is 52.4 Å². The number of unbranched alkanes of at least 4 members (excludes halogenated alkanes) is 6. The third-order valence-corrected chi connectivity index (χ3v) is 3.56. The Morgan fingerprint density at radius 2 is 1.40 bits per heavy atom.